The molecule has 2 rings (SSSR count). The number of nitrogens with zero attached hydrogens (tertiary/aromatic N) is 2. The highest BCUT2D eigenvalue weighted by molar-refractivity contribution is 7.68. The molecule has 9 heteroatoms. The van der Waals surface area contributed by atoms with Gasteiger partial charge in [0, 0.05) is 18.1 Å². The number of alkyl halides is 6. The summed E-state index contributed by atoms with van der Waals surface area (Å²) in [5.74, 6) is 0. The first-order valence-corrected chi connectivity index (χ1v) is 9.90. The molecule has 0 saturated carbocycles. The van der Waals surface area contributed by atoms with Gasteiger partial charge in [-0.05, 0) is 36.4 Å². The van der Waals surface area contributed by atoms with Gasteiger partial charge in [-0.3, -0.25) is 0 Å². The molecule has 0 bridgehead atoms. The van der Waals surface area contributed by atoms with E-state index in [4.69, 9.17) is 0 Å². The standard InChI is InChI=1S/C19H23F6N2P/c1-16(2,3)28(17(4,5)6)15-26-9-10-27(15)12-7-8-13(18(20,21)22)14(11-12)19(23,24)25/h7-11H,1-6H3. The van der Waals surface area contributed by atoms with Gasteiger partial charge in [0.25, 0.3) is 0 Å². The quantitative estimate of drug-likeness (QED) is 0.392. The molecule has 28 heavy (non-hydrogen) atoms. The highest BCUT2D eigenvalue weighted by atomic mass is 31.1. The predicted molar refractivity (Wildman–Crippen MR) is 99.6 cm³/mol. The molecule has 156 valence electrons. The summed E-state index contributed by atoms with van der Waals surface area (Å²) in [4.78, 5) is 4.38. The van der Waals surface area contributed by atoms with Crippen molar-refractivity contribution in [3.8, 4) is 5.69 Å². The van der Waals surface area contributed by atoms with Gasteiger partial charge in [0.1, 0.15) is 5.57 Å². The van der Waals surface area contributed by atoms with E-state index in [1.165, 1.54) is 17.0 Å². The van der Waals surface area contributed by atoms with Crippen LogP contribution >= 0.6 is 7.92 Å². The van der Waals surface area contributed by atoms with Crippen LogP contribution in [0.15, 0.2) is 30.6 Å². The predicted octanol–water partition coefficient (Wildman–Crippen LogP) is 6.61. The van der Waals surface area contributed by atoms with E-state index in [0.29, 0.717) is 17.7 Å². The molecular formula is C19H23F6N2P. The third-order valence-corrected chi connectivity index (χ3v) is 7.47. The number of hydrogen-bond donors (Lipinski definition) is 0. The van der Waals surface area contributed by atoms with Crippen LogP contribution in [0.25, 0.3) is 5.69 Å². The Balaban J connectivity index is 2.71. The van der Waals surface area contributed by atoms with Crippen LogP contribution in [0.2, 0.25) is 0 Å². The van der Waals surface area contributed by atoms with Crippen LogP contribution in [0.5, 0.6) is 0 Å². The average molecular weight is 424 g/mol. The topological polar surface area (TPSA) is 17.8 Å². The summed E-state index contributed by atoms with van der Waals surface area (Å²) in [6, 6.07) is 2.09. The molecule has 0 aliphatic carbocycles. The van der Waals surface area contributed by atoms with Gasteiger partial charge in [-0.15, -0.1) is 0 Å². The largest absolute Gasteiger partial charge is 0.417 e. The second kappa shape index (κ2) is 7.05. The van der Waals surface area contributed by atoms with Gasteiger partial charge >= 0.3 is 12.4 Å². The smallest absolute Gasteiger partial charge is 0.300 e. The lowest BCUT2D eigenvalue weighted by atomic mass is 10.1. The maximum Gasteiger partial charge on any atom is 0.417 e. The monoisotopic (exact) mass is 424 g/mol. The van der Waals surface area contributed by atoms with Crippen LogP contribution in [0.4, 0.5) is 26.3 Å². The highest BCUT2D eigenvalue weighted by Gasteiger charge is 2.44. The van der Waals surface area contributed by atoms with Crippen LogP contribution in [0.3, 0.4) is 0 Å². The second-order valence-electron chi connectivity index (χ2n) is 8.50. The Bertz CT molecular complexity index is 824. The van der Waals surface area contributed by atoms with E-state index < -0.39 is 31.4 Å². The highest BCUT2D eigenvalue weighted by Crippen LogP contribution is 2.58. The number of benzene rings is 1. The Kier molecular flexibility index (Phi) is 5.72. The van der Waals surface area contributed by atoms with Crippen LogP contribution in [0.1, 0.15) is 52.7 Å². The molecule has 0 radical (unpaired) electrons. The van der Waals surface area contributed by atoms with Crippen molar-refractivity contribution in [2.75, 3.05) is 0 Å². The first-order valence-electron chi connectivity index (χ1n) is 8.56. The molecule has 0 N–H and O–H groups in total. The van der Waals surface area contributed by atoms with Gasteiger partial charge < -0.3 is 4.57 Å². The fourth-order valence-corrected chi connectivity index (χ4v) is 7.22. The van der Waals surface area contributed by atoms with E-state index in [9.17, 15) is 26.3 Å². The van der Waals surface area contributed by atoms with Gasteiger partial charge in [-0.2, -0.15) is 26.3 Å². The van der Waals surface area contributed by atoms with E-state index in [2.05, 4.69) is 4.98 Å². The number of aromatic nitrogens is 2. The SMILES string of the molecule is CC(C)(C)P(c1nccn1-c1ccc(C(F)(F)F)c(C(F)(F)F)c1)C(C)(C)C. The van der Waals surface area contributed by atoms with Crippen LogP contribution in [-0.2, 0) is 12.4 Å². The molecule has 0 unspecified atom stereocenters. The van der Waals surface area contributed by atoms with Crippen molar-refractivity contribution in [3.63, 3.8) is 0 Å². The van der Waals surface area contributed by atoms with Gasteiger partial charge in [-0.1, -0.05) is 41.5 Å². The van der Waals surface area contributed by atoms with Gasteiger partial charge in [0.15, 0.2) is 0 Å². The van der Waals surface area contributed by atoms with E-state index in [-0.39, 0.29) is 16.0 Å². The Labute approximate surface area is 161 Å². The van der Waals surface area contributed by atoms with Crippen LogP contribution in [-0.4, -0.2) is 19.9 Å². The van der Waals surface area contributed by atoms with E-state index >= 15 is 0 Å². The molecule has 1 aromatic heterocycles. The molecule has 0 spiro atoms. The zero-order valence-electron chi connectivity index (χ0n) is 16.5. The summed E-state index contributed by atoms with van der Waals surface area (Å²) < 4.78 is 80.6. The number of rotatable bonds is 2. The van der Waals surface area contributed by atoms with E-state index in [1.807, 2.05) is 41.5 Å². The van der Waals surface area contributed by atoms with Crippen LogP contribution in [0, 0.1) is 0 Å². The first-order chi connectivity index (χ1) is 12.4. The van der Waals surface area contributed by atoms with Crippen molar-refractivity contribution in [1.82, 2.24) is 9.55 Å². The van der Waals surface area contributed by atoms with Crippen molar-refractivity contribution in [3.05, 3.63) is 41.7 Å². The maximum atomic E-state index is 13.3. The third kappa shape index (κ3) is 4.70. The molecule has 0 saturated heterocycles. The minimum atomic E-state index is -5.12. The Morgan fingerprint density at radius 3 is 1.71 bits per heavy atom. The Hall–Kier alpha value is -1.56. The molecule has 1 heterocycles. The summed E-state index contributed by atoms with van der Waals surface area (Å²) in [7, 11) is -0.965. The molecule has 0 atom stereocenters. The van der Waals surface area contributed by atoms with Crippen molar-refractivity contribution in [2.45, 2.75) is 64.2 Å². The molecule has 0 amide bonds. The van der Waals surface area contributed by atoms with Crippen molar-refractivity contribution in [2.24, 2.45) is 0 Å². The molecular weight excluding hydrogens is 401 g/mol. The minimum absolute atomic E-state index is 0.00817. The van der Waals surface area contributed by atoms with E-state index in [0.717, 1.165) is 6.07 Å². The Morgan fingerprint density at radius 1 is 0.786 bits per heavy atom. The van der Waals surface area contributed by atoms with E-state index in [1.54, 1.807) is 0 Å². The summed E-state index contributed by atoms with van der Waals surface area (Å²) in [5, 5.41) is -0.426. The number of imidazole rings is 1. The minimum Gasteiger partial charge on any atom is -0.300 e. The number of hydrogen-bond acceptors (Lipinski definition) is 1. The molecule has 0 aliphatic rings. The lowest BCUT2D eigenvalue weighted by molar-refractivity contribution is -0.162. The van der Waals surface area contributed by atoms with Gasteiger partial charge in [-0.25, -0.2) is 4.98 Å². The van der Waals surface area contributed by atoms with Crippen molar-refractivity contribution < 1.29 is 26.3 Å². The zero-order valence-corrected chi connectivity index (χ0v) is 17.4. The molecule has 2 aromatic rings. The lowest BCUT2D eigenvalue weighted by Gasteiger charge is -2.40. The number of halogens is 6. The summed E-state index contributed by atoms with van der Waals surface area (Å²) >= 11 is 0. The maximum absolute atomic E-state index is 13.3. The second-order valence-corrected chi connectivity index (χ2v) is 12.3. The normalized spacial score (nSPS) is 14.0. The summed E-state index contributed by atoms with van der Waals surface area (Å²) in [6.45, 7) is 12.1. The first kappa shape index (κ1) is 22.7. The van der Waals surface area contributed by atoms with Gasteiger partial charge in [0.05, 0.1) is 11.1 Å². The molecule has 0 fully saturated rings. The van der Waals surface area contributed by atoms with Crippen LogP contribution < -0.4 is 5.57 Å². The molecule has 0 aliphatic heterocycles. The lowest BCUT2D eigenvalue weighted by Crippen LogP contribution is -2.35. The average Bonchev–Trinajstić information content (AvgIpc) is 2.90. The molecule has 2 nitrogen and oxygen atoms in total. The fraction of sp³-hybridized carbons (Fsp3) is 0.526. The Morgan fingerprint density at radius 2 is 1.29 bits per heavy atom. The molecule has 1 aromatic carbocycles. The van der Waals surface area contributed by atoms with Crippen molar-refractivity contribution >= 4 is 13.5 Å². The fourth-order valence-electron chi connectivity index (χ4n) is 3.43. The van der Waals surface area contributed by atoms with Gasteiger partial charge in [0.2, 0.25) is 0 Å². The zero-order chi connectivity index (χ0) is 21.7. The van der Waals surface area contributed by atoms with Crippen molar-refractivity contribution in [1.29, 1.82) is 0 Å². The summed E-state index contributed by atoms with van der Waals surface area (Å²) in [5.41, 5.74) is -2.82. The summed E-state index contributed by atoms with van der Waals surface area (Å²) in [6.07, 6.45) is -7.26. The third-order valence-electron chi connectivity index (χ3n) is 4.05.